The van der Waals surface area contributed by atoms with Crippen molar-refractivity contribution in [3.05, 3.63) is 12.3 Å². The second-order valence-corrected chi connectivity index (χ2v) is 3.04. The molecule has 0 radical (unpaired) electrons. The van der Waals surface area contributed by atoms with E-state index in [9.17, 15) is 4.79 Å². The molecule has 0 spiro atoms. The highest BCUT2D eigenvalue weighted by molar-refractivity contribution is 5.85. The standard InChI is InChI=1S/C7H13NO3/c1-5(11-8)6(9)10-7(2,3)4/h1,8H2,2-4H3. The van der Waals surface area contributed by atoms with Crippen molar-refractivity contribution in [2.45, 2.75) is 26.4 Å². The van der Waals surface area contributed by atoms with Crippen LogP contribution < -0.4 is 5.90 Å². The summed E-state index contributed by atoms with van der Waals surface area (Å²) in [5.74, 6) is 3.86. The van der Waals surface area contributed by atoms with E-state index in [0.29, 0.717) is 0 Å². The molecule has 0 aromatic heterocycles. The Morgan fingerprint density at radius 3 is 2.18 bits per heavy atom. The highest BCUT2D eigenvalue weighted by Gasteiger charge is 2.19. The summed E-state index contributed by atoms with van der Waals surface area (Å²) in [5.41, 5.74) is -0.543. The summed E-state index contributed by atoms with van der Waals surface area (Å²) >= 11 is 0. The lowest BCUT2D eigenvalue weighted by Crippen LogP contribution is -2.25. The van der Waals surface area contributed by atoms with Crippen molar-refractivity contribution in [1.29, 1.82) is 0 Å². The molecule has 0 fully saturated rings. The van der Waals surface area contributed by atoms with Gasteiger partial charge in [-0.3, -0.25) is 0 Å². The first kappa shape index (κ1) is 9.97. The molecule has 0 rings (SSSR count). The highest BCUT2D eigenvalue weighted by atomic mass is 16.6. The van der Waals surface area contributed by atoms with Crippen LogP contribution in [-0.4, -0.2) is 11.6 Å². The lowest BCUT2D eigenvalue weighted by Gasteiger charge is -2.19. The van der Waals surface area contributed by atoms with Gasteiger partial charge < -0.3 is 9.57 Å². The first-order valence-electron chi connectivity index (χ1n) is 3.16. The molecule has 64 valence electrons. The fourth-order valence-corrected chi connectivity index (χ4v) is 0.383. The molecule has 4 nitrogen and oxygen atoms in total. The van der Waals surface area contributed by atoms with Crippen molar-refractivity contribution in [3.63, 3.8) is 0 Å². The van der Waals surface area contributed by atoms with Crippen molar-refractivity contribution in [2.75, 3.05) is 0 Å². The zero-order valence-corrected chi connectivity index (χ0v) is 7.01. The lowest BCUT2D eigenvalue weighted by atomic mass is 10.2. The molecule has 0 aromatic carbocycles. The molecule has 0 amide bonds. The van der Waals surface area contributed by atoms with E-state index in [-0.39, 0.29) is 5.76 Å². The Kier molecular flexibility index (Phi) is 3.07. The number of hydrogen-bond acceptors (Lipinski definition) is 4. The Hall–Kier alpha value is -1.03. The maximum atomic E-state index is 10.9. The van der Waals surface area contributed by atoms with Crippen molar-refractivity contribution >= 4 is 5.97 Å². The Labute approximate surface area is 65.9 Å². The third-order valence-corrected chi connectivity index (χ3v) is 0.769. The first-order valence-corrected chi connectivity index (χ1v) is 3.16. The minimum absolute atomic E-state index is 0.195. The highest BCUT2D eigenvalue weighted by Crippen LogP contribution is 2.09. The van der Waals surface area contributed by atoms with Gasteiger partial charge >= 0.3 is 5.97 Å². The number of rotatable bonds is 2. The van der Waals surface area contributed by atoms with Crippen LogP contribution in [0.5, 0.6) is 0 Å². The van der Waals surface area contributed by atoms with Crippen molar-refractivity contribution in [1.82, 2.24) is 0 Å². The number of carbonyl (C=O) groups excluding carboxylic acids is 1. The number of nitrogens with two attached hydrogens (primary N) is 1. The zero-order chi connectivity index (χ0) is 9.07. The van der Waals surface area contributed by atoms with Gasteiger partial charge in [0.2, 0.25) is 5.76 Å². The Morgan fingerprint density at radius 1 is 1.45 bits per heavy atom. The van der Waals surface area contributed by atoms with Gasteiger partial charge in [-0.25, -0.2) is 4.79 Å². The van der Waals surface area contributed by atoms with Gasteiger partial charge in [0.05, 0.1) is 0 Å². The molecule has 0 aliphatic rings. The number of carbonyl (C=O) groups is 1. The van der Waals surface area contributed by atoms with Crippen LogP contribution >= 0.6 is 0 Å². The van der Waals surface area contributed by atoms with Crippen molar-refractivity contribution < 1.29 is 14.4 Å². The molecular weight excluding hydrogens is 146 g/mol. The minimum atomic E-state index is -0.639. The summed E-state index contributed by atoms with van der Waals surface area (Å²) in [6.45, 7) is 8.47. The molecule has 0 saturated carbocycles. The van der Waals surface area contributed by atoms with Gasteiger partial charge in [-0.1, -0.05) is 0 Å². The van der Waals surface area contributed by atoms with Crippen LogP contribution in [0.25, 0.3) is 0 Å². The molecular formula is C7H13NO3. The first-order chi connectivity index (χ1) is 4.87. The van der Waals surface area contributed by atoms with E-state index in [1.807, 2.05) is 0 Å². The van der Waals surface area contributed by atoms with Crippen LogP contribution in [0, 0.1) is 0 Å². The average Bonchev–Trinajstić information content (AvgIpc) is 1.82. The molecule has 2 N–H and O–H groups in total. The van der Waals surface area contributed by atoms with Crippen LogP contribution in [0.1, 0.15) is 20.8 Å². The zero-order valence-electron chi connectivity index (χ0n) is 7.01. The summed E-state index contributed by atoms with van der Waals surface area (Å²) in [6, 6.07) is 0. The molecule has 0 aliphatic heterocycles. The Morgan fingerprint density at radius 2 is 1.91 bits per heavy atom. The van der Waals surface area contributed by atoms with Crippen LogP contribution in [0.15, 0.2) is 12.3 Å². The fraction of sp³-hybridized carbons (Fsp3) is 0.571. The molecule has 0 atom stereocenters. The number of hydrogen-bond donors (Lipinski definition) is 1. The van der Waals surface area contributed by atoms with Crippen LogP contribution in [-0.2, 0) is 14.4 Å². The monoisotopic (exact) mass is 159 g/mol. The molecule has 0 aromatic rings. The summed E-state index contributed by atoms with van der Waals surface area (Å²) in [6.07, 6.45) is 0. The summed E-state index contributed by atoms with van der Waals surface area (Å²) < 4.78 is 4.85. The Balaban J connectivity index is 3.99. The van der Waals surface area contributed by atoms with Crippen LogP contribution in [0.4, 0.5) is 0 Å². The van der Waals surface area contributed by atoms with Gasteiger partial charge in [0.1, 0.15) is 5.60 Å². The second kappa shape index (κ2) is 3.39. The molecule has 0 bridgehead atoms. The third-order valence-electron chi connectivity index (χ3n) is 0.769. The largest absolute Gasteiger partial charge is 0.454 e. The van der Waals surface area contributed by atoms with E-state index >= 15 is 0 Å². The van der Waals surface area contributed by atoms with Crippen molar-refractivity contribution in [2.24, 2.45) is 5.90 Å². The number of ether oxygens (including phenoxy) is 1. The van der Waals surface area contributed by atoms with Gasteiger partial charge in [0.15, 0.2) is 0 Å². The maximum Gasteiger partial charge on any atom is 0.376 e. The van der Waals surface area contributed by atoms with Crippen LogP contribution in [0.2, 0.25) is 0 Å². The topological polar surface area (TPSA) is 61.5 Å². The van der Waals surface area contributed by atoms with Crippen LogP contribution in [0.3, 0.4) is 0 Å². The van der Waals surface area contributed by atoms with Gasteiger partial charge in [-0.2, -0.15) is 5.90 Å². The van der Waals surface area contributed by atoms with Gasteiger partial charge in [0, 0.05) is 0 Å². The quantitative estimate of drug-likeness (QED) is 0.279. The number of esters is 1. The molecule has 0 unspecified atom stereocenters. The van der Waals surface area contributed by atoms with E-state index in [4.69, 9.17) is 10.6 Å². The van der Waals surface area contributed by atoms with Gasteiger partial charge in [-0.15, -0.1) is 0 Å². The van der Waals surface area contributed by atoms with E-state index in [1.54, 1.807) is 20.8 Å². The molecule has 0 heterocycles. The van der Waals surface area contributed by atoms with Gasteiger partial charge in [-0.05, 0) is 27.4 Å². The van der Waals surface area contributed by atoms with E-state index in [2.05, 4.69) is 11.4 Å². The SMILES string of the molecule is C=C(ON)C(=O)OC(C)(C)C. The Bertz CT molecular complexity index is 169. The second-order valence-electron chi connectivity index (χ2n) is 3.04. The molecule has 0 aliphatic carbocycles. The minimum Gasteiger partial charge on any atom is -0.454 e. The molecule has 4 heteroatoms. The van der Waals surface area contributed by atoms with E-state index < -0.39 is 11.6 Å². The molecule has 11 heavy (non-hydrogen) atoms. The normalized spacial score (nSPS) is 10.5. The fourth-order valence-electron chi connectivity index (χ4n) is 0.383. The van der Waals surface area contributed by atoms with E-state index in [0.717, 1.165) is 0 Å². The maximum absolute atomic E-state index is 10.9. The summed E-state index contributed by atoms with van der Waals surface area (Å²) in [4.78, 5) is 15.0. The summed E-state index contributed by atoms with van der Waals surface area (Å²) in [7, 11) is 0. The lowest BCUT2D eigenvalue weighted by molar-refractivity contribution is -0.154. The van der Waals surface area contributed by atoms with E-state index in [1.165, 1.54) is 0 Å². The predicted octanol–water partition coefficient (Wildman–Crippen LogP) is 0.732. The third kappa shape index (κ3) is 4.38. The van der Waals surface area contributed by atoms with Gasteiger partial charge in [0.25, 0.3) is 0 Å². The summed E-state index contributed by atoms with van der Waals surface area (Å²) in [5, 5.41) is 0. The molecule has 0 saturated heterocycles. The predicted molar refractivity (Wildman–Crippen MR) is 40.3 cm³/mol. The smallest absolute Gasteiger partial charge is 0.376 e. The average molecular weight is 159 g/mol. The van der Waals surface area contributed by atoms with Crippen molar-refractivity contribution in [3.8, 4) is 0 Å².